The Morgan fingerprint density at radius 3 is 2.33 bits per heavy atom. The van der Waals surface area contributed by atoms with Crippen molar-refractivity contribution in [2.75, 3.05) is 5.32 Å². The summed E-state index contributed by atoms with van der Waals surface area (Å²) in [5.74, 6) is 0.0972. The molecule has 3 aromatic rings. The molecule has 0 amide bonds. The summed E-state index contributed by atoms with van der Waals surface area (Å²) >= 11 is 0. The molecule has 3 N–H and O–H groups in total. The lowest BCUT2D eigenvalue weighted by molar-refractivity contribution is -0.274. The number of hydrogen-bond donors (Lipinski definition) is 2. The van der Waals surface area contributed by atoms with Crippen LogP contribution in [0.4, 0.5) is 23.2 Å². The van der Waals surface area contributed by atoms with Gasteiger partial charge >= 0.3 is 6.36 Å². The maximum absolute atomic E-state index is 13.0. The number of guanidine groups is 1. The van der Waals surface area contributed by atoms with E-state index >= 15 is 0 Å². The van der Waals surface area contributed by atoms with E-state index in [1.807, 2.05) is 0 Å². The molecule has 0 spiro atoms. The Hall–Kier alpha value is -3.82. The van der Waals surface area contributed by atoms with Crippen LogP contribution in [0.5, 0.6) is 17.4 Å². The average Bonchev–Trinajstić information content (AvgIpc) is 2.69. The van der Waals surface area contributed by atoms with Gasteiger partial charge in [0.2, 0.25) is 5.88 Å². The molecule has 0 aliphatic carbocycles. The summed E-state index contributed by atoms with van der Waals surface area (Å²) in [4.78, 5) is 8.25. The molecular weight excluding hydrogens is 404 g/mol. The second-order valence-electron chi connectivity index (χ2n) is 5.96. The maximum atomic E-state index is 13.0. The Kier molecular flexibility index (Phi) is 6.35. The van der Waals surface area contributed by atoms with E-state index in [1.54, 1.807) is 12.1 Å². The first-order valence-electron chi connectivity index (χ1n) is 8.58. The van der Waals surface area contributed by atoms with Gasteiger partial charge in [-0.1, -0.05) is 0 Å². The van der Waals surface area contributed by atoms with Crippen LogP contribution in [0.2, 0.25) is 0 Å². The zero-order valence-corrected chi connectivity index (χ0v) is 15.4. The summed E-state index contributed by atoms with van der Waals surface area (Å²) in [6.07, 6.45) is -3.22. The van der Waals surface area contributed by atoms with Crippen molar-refractivity contribution in [3.63, 3.8) is 0 Å². The highest BCUT2D eigenvalue weighted by Crippen LogP contribution is 2.24. The molecule has 6 nitrogen and oxygen atoms in total. The molecule has 0 aliphatic rings. The molecule has 30 heavy (non-hydrogen) atoms. The fourth-order valence-corrected chi connectivity index (χ4v) is 2.33. The van der Waals surface area contributed by atoms with Gasteiger partial charge in [0, 0.05) is 18.0 Å². The quantitative estimate of drug-likeness (QED) is 0.339. The van der Waals surface area contributed by atoms with E-state index in [4.69, 9.17) is 10.5 Å². The summed E-state index contributed by atoms with van der Waals surface area (Å²) in [5.41, 5.74) is 7.01. The van der Waals surface area contributed by atoms with Gasteiger partial charge in [0.15, 0.2) is 5.96 Å². The fraction of sp³-hybridized carbons (Fsp3) is 0.100. The van der Waals surface area contributed by atoms with Crippen molar-refractivity contribution in [1.82, 2.24) is 4.98 Å². The number of benzene rings is 2. The minimum absolute atomic E-state index is 0.0669. The topological polar surface area (TPSA) is 81.8 Å². The van der Waals surface area contributed by atoms with Gasteiger partial charge in [-0.2, -0.15) is 0 Å². The highest BCUT2D eigenvalue weighted by molar-refractivity contribution is 5.92. The average molecular weight is 420 g/mol. The lowest BCUT2D eigenvalue weighted by atomic mass is 10.2. The summed E-state index contributed by atoms with van der Waals surface area (Å²) in [5, 5.41) is 2.77. The van der Waals surface area contributed by atoms with Gasteiger partial charge in [-0.05, 0) is 60.2 Å². The molecule has 0 radical (unpaired) electrons. The largest absolute Gasteiger partial charge is 0.573 e. The zero-order chi connectivity index (χ0) is 21.6. The molecule has 0 atom stereocenters. The molecule has 0 saturated heterocycles. The number of nitrogens with zero attached hydrogens (tertiary/aromatic N) is 2. The number of nitrogens with two attached hydrogens (primary N) is 1. The molecule has 0 saturated carbocycles. The van der Waals surface area contributed by atoms with Crippen LogP contribution in [0.1, 0.15) is 5.56 Å². The number of nitrogens with one attached hydrogen (secondary N) is 1. The summed E-state index contributed by atoms with van der Waals surface area (Å²) in [6.45, 7) is 0.205. The van der Waals surface area contributed by atoms with Gasteiger partial charge in [-0.3, -0.25) is 0 Å². The number of rotatable bonds is 6. The molecule has 1 heterocycles. The Balaban J connectivity index is 1.58. The van der Waals surface area contributed by atoms with E-state index in [1.165, 1.54) is 42.6 Å². The number of halogens is 4. The molecule has 3 rings (SSSR count). The van der Waals surface area contributed by atoms with Crippen molar-refractivity contribution >= 4 is 11.6 Å². The minimum atomic E-state index is -4.75. The molecule has 0 bridgehead atoms. The Morgan fingerprint density at radius 2 is 1.67 bits per heavy atom. The van der Waals surface area contributed by atoms with E-state index in [2.05, 4.69) is 20.0 Å². The van der Waals surface area contributed by atoms with Crippen molar-refractivity contribution < 1.29 is 27.0 Å². The van der Waals surface area contributed by atoms with Crippen LogP contribution < -0.4 is 20.5 Å². The molecule has 10 heteroatoms. The molecule has 0 fully saturated rings. The van der Waals surface area contributed by atoms with Crippen LogP contribution in [-0.4, -0.2) is 17.3 Å². The van der Waals surface area contributed by atoms with Crippen molar-refractivity contribution in [3.05, 3.63) is 78.2 Å². The van der Waals surface area contributed by atoms with Crippen LogP contribution in [-0.2, 0) is 6.54 Å². The van der Waals surface area contributed by atoms with Crippen LogP contribution in [0.3, 0.4) is 0 Å². The number of ether oxygens (including phenoxy) is 2. The van der Waals surface area contributed by atoms with Crippen molar-refractivity contribution in [2.45, 2.75) is 12.9 Å². The van der Waals surface area contributed by atoms with Crippen LogP contribution >= 0.6 is 0 Å². The van der Waals surface area contributed by atoms with Crippen LogP contribution in [0.25, 0.3) is 0 Å². The van der Waals surface area contributed by atoms with E-state index in [-0.39, 0.29) is 24.1 Å². The Labute approximate surface area is 169 Å². The summed E-state index contributed by atoms with van der Waals surface area (Å²) in [7, 11) is 0. The number of pyridine rings is 1. The van der Waals surface area contributed by atoms with E-state index in [9.17, 15) is 17.6 Å². The third-order valence-corrected chi connectivity index (χ3v) is 3.63. The van der Waals surface area contributed by atoms with Gasteiger partial charge in [0.05, 0.1) is 6.54 Å². The van der Waals surface area contributed by atoms with Gasteiger partial charge in [0.1, 0.15) is 17.3 Å². The Morgan fingerprint density at radius 1 is 1.00 bits per heavy atom. The number of anilines is 1. The summed E-state index contributed by atoms with van der Waals surface area (Å²) < 4.78 is 58.8. The third-order valence-electron chi connectivity index (χ3n) is 3.63. The second-order valence-corrected chi connectivity index (χ2v) is 5.96. The Bertz CT molecular complexity index is 1010. The van der Waals surface area contributed by atoms with Crippen molar-refractivity contribution in [1.29, 1.82) is 0 Å². The van der Waals surface area contributed by atoms with Crippen molar-refractivity contribution in [2.24, 2.45) is 10.7 Å². The lowest BCUT2D eigenvalue weighted by Gasteiger charge is -2.10. The van der Waals surface area contributed by atoms with Crippen molar-refractivity contribution in [3.8, 4) is 17.4 Å². The normalized spacial score (nSPS) is 11.8. The smallest absolute Gasteiger partial charge is 0.439 e. The fourth-order valence-electron chi connectivity index (χ4n) is 2.33. The van der Waals surface area contributed by atoms with Crippen LogP contribution in [0, 0.1) is 5.82 Å². The molecule has 0 aliphatic heterocycles. The van der Waals surface area contributed by atoms with Gasteiger partial charge < -0.3 is 20.5 Å². The SMILES string of the molecule is NC(=NCc1ccnc(Oc2ccc(F)cc2)c1)Nc1ccc(OC(F)(F)F)cc1. The van der Waals surface area contributed by atoms with E-state index in [0.29, 0.717) is 17.3 Å². The monoisotopic (exact) mass is 420 g/mol. The first kappa shape index (κ1) is 20.9. The van der Waals surface area contributed by atoms with Crippen LogP contribution in [0.15, 0.2) is 71.9 Å². The molecule has 2 aromatic carbocycles. The molecule has 1 aromatic heterocycles. The third kappa shape index (κ3) is 6.66. The van der Waals surface area contributed by atoms with Gasteiger partial charge in [-0.25, -0.2) is 14.4 Å². The number of hydrogen-bond acceptors (Lipinski definition) is 4. The molecule has 0 unspecified atom stereocenters. The van der Waals surface area contributed by atoms with E-state index < -0.39 is 6.36 Å². The van der Waals surface area contributed by atoms with Gasteiger partial charge in [0.25, 0.3) is 0 Å². The first-order chi connectivity index (χ1) is 14.3. The number of alkyl halides is 3. The zero-order valence-electron chi connectivity index (χ0n) is 15.4. The summed E-state index contributed by atoms with van der Waals surface area (Å²) in [6, 6.07) is 14.0. The molecule has 156 valence electrons. The standard InChI is InChI=1S/C20H16F4N4O2/c21-14-1-5-16(6-2-14)29-18-11-13(9-10-26-18)12-27-19(25)28-15-3-7-17(8-4-15)30-20(22,23)24/h1-11H,12H2,(H3,25,27,28). The second kappa shape index (κ2) is 9.12. The first-order valence-corrected chi connectivity index (χ1v) is 8.58. The highest BCUT2D eigenvalue weighted by atomic mass is 19.4. The lowest BCUT2D eigenvalue weighted by Crippen LogP contribution is -2.22. The van der Waals surface area contributed by atoms with Gasteiger partial charge in [-0.15, -0.1) is 13.2 Å². The number of aliphatic imine (C=N–C) groups is 1. The minimum Gasteiger partial charge on any atom is -0.439 e. The maximum Gasteiger partial charge on any atom is 0.573 e. The predicted octanol–water partition coefficient (Wildman–Crippen LogP) is 4.84. The molecular formula is C20H16F4N4O2. The van der Waals surface area contributed by atoms with E-state index in [0.717, 1.165) is 17.7 Å². The number of aromatic nitrogens is 1. The predicted molar refractivity (Wildman–Crippen MR) is 103 cm³/mol. The highest BCUT2D eigenvalue weighted by Gasteiger charge is 2.30.